The highest BCUT2D eigenvalue weighted by molar-refractivity contribution is 7.89. The van der Waals surface area contributed by atoms with E-state index in [4.69, 9.17) is 4.52 Å². The van der Waals surface area contributed by atoms with E-state index in [-0.39, 0.29) is 16.4 Å². The second-order valence-electron chi connectivity index (χ2n) is 4.27. The minimum atomic E-state index is -3.84. The van der Waals surface area contributed by atoms with Gasteiger partial charge in [-0.3, -0.25) is 10.1 Å². The first-order chi connectivity index (χ1) is 9.79. The van der Waals surface area contributed by atoms with Crippen LogP contribution in [0.5, 0.6) is 0 Å². The van der Waals surface area contributed by atoms with E-state index in [1.54, 1.807) is 13.8 Å². The maximum absolute atomic E-state index is 12.1. The monoisotopic (exact) mass is 312 g/mol. The first-order valence-corrected chi connectivity index (χ1v) is 7.35. The molecule has 0 spiro atoms. The zero-order chi connectivity index (χ0) is 15.6. The van der Waals surface area contributed by atoms with Crippen molar-refractivity contribution in [3.63, 3.8) is 0 Å². The lowest BCUT2D eigenvalue weighted by atomic mass is 10.3. The van der Waals surface area contributed by atoms with Gasteiger partial charge in [0.05, 0.1) is 15.9 Å². The molecule has 10 heteroatoms. The standard InChI is InChI=1S/C11H12N4O5S/c1-7(11-12-8(2)20-13-11)14-21(18,19)10-5-3-9(4-6-10)15(16)17/h3-7,14H,1-2H3. The van der Waals surface area contributed by atoms with Crippen LogP contribution in [0.1, 0.15) is 24.7 Å². The van der Waals surface area contributed by atoms with Gasteiger partial charge in [0, 0.05) is 19.1 Å². The maximum atomic E-state index is 12.1. The van der Waals surface area contributed by atoms with Gasteiger partial charge in [-0.15, -0.1) is 0 Å². The smallest absolute Gasteiger partial charge is 0.269 e. The second kappa shape index (κ2) is 5.58. The summed E-state index contributed by atoms with van der Waals surface area (Å²) < 4.78 is 31.4. The fourth-order valence-electron chi connectivity index (χ4n) is 1.59. The van der Waals surface area contributed by atoms with Crippen LogP contribution in [0, 0.1) is 17.0 Å². The van der Waals surface area contributed by atoms with Gasteiger partial charge in [0.25, 0.3) is 5.69 Å². The van der Waals surface area contributed by atoms with Crippen molar-refractivity contribution in [2.24, 2.45) is 0 Å². The van der Waals surface area contributed by atoms with Crippen LogP contribution in [0.2, 0.25) is 0 Å². The molecule has 112 valence electrons. The number of sulfonamides is 1. The van der Waals surface area contributed by atoms with Crippen LogP contribution in [0.4, 0.5) is 5.69 Å². The molecule has 0 aliphatic carbocycles. The van der Waals surface area contributed by atoms with Crippen molar-refractivity contribution in [2.75, 3.05) is 0 Å². The Balaban J connectivity index is 2.19. The molecule has 2 aromatic rings. The Morgan fingerprint density at radius 1 is 1.33 bits per heavy atom. The van der Waals surface area contributed by atoms with Crippen LogP contribution >= 0.6 is 0 Å². The molecule has 0 saturated carbocycles. The average molecular weight is 312 g/mol. The Kier molecular flexibility index (Phi) is 4.00. The number of aromatic nitrogens is 2. The number of hydrogen-bond donors (Lipinski definition) is 1. The summed E-state index contributed by atoms with van der Waals surface area (Å²) in [6, 6.07) is 3.88. The van der Waals surface area contributed by atoms with Gasteiger partial charge >= 0.3 is 0 Å². The highest BCUT2D eigenvalue weighted by Crippen LogP contribution is 2.18. The van der Waals surface area contributed by atoms with Gasteiger partial charge in [0.2, 0.25) is 15.9 Å². The van der Waals surface area contributed by atoms with E-state index in [1.165, 1.54) is 0 Å². The summed E-state index contributed by atoms with van der Waals surface area (Å²) >= 11 is 0. The van der Waals surface area contributed by atoms with Crippen LogP contribution in [0.25, 0.3) is 0 Å². The third kappa shape index (κ3) is 3.41. The number of nitro groups is 1. The summed E-state index contributed by atoms with van der Waals surface area (Å²) in [6.45, 7) is 3.15. The lowest BCUT2D eigenvalue weighted by Crippen LogP contribution is -2.27. The van der Waals surface area contributed by atoms with Gasteiger partial charge in [0.1, 0.15) is 0 Å². The molecule has 1 aromatic carbocycles. The fourth-order valence-corrected chi connectivity index (χ4v) is 2.79. The lowest BCUT2D eigenvalue weighted by molar-refractivity contribution is -0.384. The van der Waals surface area contributed by atoms with Crippen molar-refractivity contribution < 1.29 is 17.9 Å². The number of non-ortho nitro benzene ring substituents is 1. The molecule has 1 N–H and O–H groups in total. The zero-order valence-corrected chi connectivity index (χ0v) is 12.0. The Hall–Kier alpha value is -2.33. The summed E-state index contributed by atoms with van der Waals surface area (Å²) in [7, 11) is -3.84. The van der Waals surface area contributed by atoms with E-state index in [9.17, 15) is 18.5 Å². The predicted octanol–water partition coefficient (Wildman–Crippen LogP) is 1.33. The molecule has 0 aliphatic rings. The van der Waals surface area contributed by atoms with Crippen LogP contribution in [0.3, 0.4) is 0 Å². The molecule has 1 unspecified atom stereocenters. The minimum Gasteiger partial charge on any atom is -0.340 e. The topological polar surface area (TPSA) is 128 Å². The summed E-state index contributed by atoms with van der Waals surface area (Å²) in [5.41, 5.74) is -0.184. The van der Waals surface area contributed by atoms with E-state index in [0.29, 0.717) is 5.89 Å². The molecule has 0 saturated heterocycles. The molecule has 1 aromatic heterocycles. The number of benzene rings is 1. The Morgan fingerprint density at radius 2 is 1.95 bits per heavy atom. The number of nitro benzene ring substituents is 1. The van der Waals surface area contributed by atoms with Crippen molar-refractivity contribution in [3.05, 3.63) is 46.1 Å². The number of nitrogens with one attached hydrogen (secondary N) is 1. The molecule has 0 radical (unpaired) electrons. The summed E-state index contributed by atoms with van der Waals surface area (Å²) in [5.74, 6) is 0.532. The van der Waals surface area contributed by atoms with E-state index in [0.717, 1.165) is 24.3 Å². The normalized spacial score (nSPS) is 13.0. The molecule has 2 rings (SSSR count). The number of rotatable bonds is 5. The highest BCUT2D eigenvalue weighted by atomic mass is 32.2. The van der Waals surface area contributed by atoms with Crippen LogP contribution < -0.4 is 4.72 Å². The maximum Gasteiger partial charge on any atom is 0.269 e. The van der Waals surface area contributed by atoms with Crippen LogP contribution in [-0.4, -0.2) is 23.5 Å². The molecule has 21 heavy (non-hydrogen) atoms. The summed E-state index contributed by atoms with van der Waals surface area (Å²) in [6.07, 6.45) is 0. The van der Waals surface area contributed by atoms with E-state index < -0.39 is 21.0 Å². The fraction of sp³-hybridized carbons (Fsp3) is 0.273. The van der Waals surface area contributed by atoms with E-state index >= 15 is 0 Å². The van der Waals surface area contributed by atoms with Gasteiger partial charge in [0.15, 0.2) is 5.82 Å². The molecule has 0 bridgehead atoms. The van der Waals surface area contributed by atoms with Gasteiger partial charge in [-0.25, -0.2) is 13.1 Å². The van der Waals surface area contributed by atoms with Crippen LogP contribution in [0.15, 0.2) is 33.7 Å². The summed E-state index contributed by atoms with van der Waals surface area (Å²) in [5, 5.41) is 14.2. The predicted molar refractivity (Wildman–Crippen MR) is 70.9 cm³/mol. The average Bonchev–Trinajstić information content (AvgIpc) is 2.85. The van der Waals surface area contributed by atoms with Crippen molar-refractivity contribution in [1.82, 2.24) is 14.9 Å². The van der Waals surface area contributed by atoms with Crippen molar-refractivity contribution in [1.29, 1.82) is 0 Å². The Labute approximate surface area is 120 Å². The van der Waals surface area contributed by atoms with Gasteiger partial charge in [-0.2, -0.15) is 4.98 Å². The first-order valence-electron chi connectivity index (χ1n) is 5.86. The number of nitrogens with zero attached hydrogens (tertiary/aromatic N) is 3. The van der Waals surface area contributed by atoms with E-state index in [1.807, 2.05) is 0 Å². The third-order valence-corrected chi connectivity index (χ3v) is 4.18. The van der Waals surface area contributed by atoms with Crippen LogP contribution in [-0.2, 0) is 10.0 Å². The van der Waals surface area contributed by atoms with Crippen molar-refractivity contribution in [3.8, 4) is 0 Å². The first kappa shape index (κ1) is 15.1. The van der Waals surface area contributed by atoms with Gasteiger partial charge in [-0.05, 0) is 19.1 Å². The summed E-state index contributed by atoms with van der Waals surface area (Å²) in [4.78, 5) is 13.8. The quantitative estimate of drug-likeness (QED) is 0.651. The Morgan fingerprint density at radius 3 is 2.43 bits per heavy atom. The molecule has 9 nitrogen and oxygen atoms in total. The molecule has 1 heterocycles. The molecule has 0 amide bonds. The second-order valence-corrected chi connectivity index (χ2v) is 5.98. The number of aryl methyl sites for hydroxylation is 1. The molecular formula is C11H12N4O5S. The van der Waals surface area contributed by atoms with Gasteiger partial charge in [-0.1, -0.05) is 5.16 Å². The molecule has 0 fully saturated rings. The minimum absolute atomic E-state index is 0.0832. The van der Waals surface area contributed by atoms with E-state index in [2.05, 4.69) is 14.9 Å². The molecule has 0 aliphatic heterocycles. The molecular weight excluding hydrogens is 300 g/mol. The largest absolute Gasteiger partial charge is 0.340 e. The zero-order valence-electron chi connectivity index (χ0n) is 11.2. The third-order valence-electron chi connectivity index (χ3n) is 2.62. The number of hydrogen-bond acceptors (Lipinski definition) is 7. The lowest BCUT2D eigenvalue weighted by Gasteiger charge is -2.10. The Bertz CT molecular complexity index is 753. The van der Waals surface area contributed by atoms with Crippen molar-refractivity contribution >= 4 is 15.7 Å². The SMILES string of the molecule is Cc1nc(C(C)NS(=O)(=O)c2ccc([N+](=O)[O-])cc2)no1. The van der Waals surface area contributed by atoms with Gasteiger partial charge < -0.3 is 4.52 Å². The van der Waals surface area contributed by atoms with Crippen molar-refractivity contribution in [2.45, 2.75) is 24.8 Å². The highest BCUT2D eigenvalue weighted by Gasteiger charge is 2.22. The molecule has 1 atom stereocenters.